The maximum atomic E-state index is 7.80. The van der Waals surface area contributed by atoms with Gasteiger partial charge < -0.3 is 0 Å². The summed E-state index contributed by atoms with van der Waals surface area (Å²) in [5.74, 6) is 0. The first kappa shape index (κ1) is 9.84. The molecule has 2 heteroatoms. The quantitative estimate of drug-likeness (QED) is 0.708. The Hall–Kier alpha value is -1.70. The van der Waals surface area contributed by atoms with E-state index in [4.69, 9.17) is 5.41 Å². The van der Waals surface area contributed by atoms with E-state index >= 15 is 0 Å². The first-order chi connectivity index (χ1) is 7.20. The maximum absolute atomic E-state index is 7.80. The Bertz CT molecular complexity index is 467. The Morgan fingerprint density at radius 2 is 2.27 bits per heavy atom. The molecule has 1 heterocycles. The standard InChI is InChI=1S/C13H14N2/c1-3-4-11(14)13-8-10-6-5-9(2)7-12(10)15-13/h3-7,14H,8H2,1-2H3/b4-3-,14-11?. The highest BCUT2D eigenvalue weighted by molar-refractivity contribution is 6.46. The zero-order valence-corrected chi connectivity index (χ0v) is 9.04. The van der Waals surface area contributed by atoms with Crippen LogP contribution in [0, 0.1) is 12.3 Å². The molecule has 1 aliphatic rings. The molecule has 0 unspecified atom stereocenters. The number of aryl methyl sites for hydroxylation is 1. The third-order valence-corrected chi connectivity index (χ3v) is 2.50. The summed E-state index contributed by atoms with van der Waals surface area (Å²) < 4.78 is 0. The molecular weight excluding hydrogens is 184 g/mol. The Balaban J connectivity index is 2.31. The molecule has 15 heavy (non-hydrogen) atoms. The number of nitrogens with one attached hydrogen (secondary N) is 1. The summed E-state index contributed by atoms with van der Waals surface area (Å²) in [5.41, 5.74) is 4.86. The molecule has 0 spiro atoms. The summed E-state index contributed by atoms with van der Waals surface area (Å²) in [4.78, 5) is 4.47. The molecular formula is C13H14N2. The van der Waals surface area contributed by atoms with Crippen molar-refractivity contribution < 1.29 is 0 Å². The van der Waals surface area contributed by atoms with Crippen molar-refractivity contribution in [1.29, 1.82) is 5.41 Å². The molecule has 2 nitrogen and oxygen atoms in total. The molecule has 0 saturated carbocycles. The van der Waals surface area contributed by atoms with Crippen LogP contribution in [0.15, 0.2) is 35.3 Å². The average Bonchev–Trinajstić information content (AvgIpc) is 2.60. The zero-order valence-electron chi connectivity index (χ0n) is 9.04. The third-order valence-electron chi connectivity index (χ3n) is 2.50. The second-order valence-electron chi connectivity index (χ2n) is 3.78. The molecule has 0 saturated heterocycles. The summed E-state index contributed by atoms with van der Waals surface area (Å²) in [6, 6.07) is 6.27. The minimum Gasteiger partial charge on any atom is -0.299 e. The van der Waals surface area contributed by atoms with Gasteiger partial charge in [-0.2, -0.15) is 0 Å². The largest absolute Gasteiger partial charge is 0.299 e. The van der Waals surface area contributed by atoms with Gasteiger partial charge in [-0.05, 0) is 37.1 Å². The second kappa shape index (κ2) is 3.81. The molecule has 0 radical (unpaired) electrons. The predicted molar refractivity (Wildman–Crippen MR) is 64.5 cm³/mol. The summed E-state index contributed by atoms with van der Waals surface area (Å²) in [6.45, 7) is 3.98. The lowest BCUT2D eigenvalue weighted by Crippen LogP contribution is -2.09. The Kier molecular flexibility index (Phi) is 2.50. The Labute approximate surface area is 89.9 Å². The molecule has 0 aliphatic carbocycles. The molecule has 1 aromatic carbocycles. The summed E-state index contributed by atoms with van der Waals surface area (Å²) in [7, 11) is 0. The molecule has 0 amide bonds. The van der Waals surface area contributed by atoms with Gasteiger partial charge in [-0.1, -0.05) is 18.2 Å². The van der Waals surface area contributed by atoms with E-state index in [-0.39, 0.29) is 0 Å². The Morgan fingerprint density at radius 3 is 3.00 bits per heavy atom. The zero-order chi connectivity index (χ0) is 10.8. The van der Waals surface area contributed by atoms with Crippen molar-refractivity contribution in [3.63, 3.8) is 0 Å². The van der Waals surface area contributed by atoms with Crippen LogP contribution in [0.5, 0.6) is 0 Å². The number of rotatable bonds is 2. The van der Waals surface area contributed by atoms with Crippen LogP contribution >= 0.6 is 0 Å². The van der Waals surface area contributed by atoms with Gasteiger partial charge in [0.15, 0.2) is 0 Å². The van der Waals surface area contributed by atoms with Gasteiger partial charge >= 0.3 is 0 Å². The highest BCUT2D eigenvalue weighted by Gasteiger charge is 2.16. The minimum absolute atomic E-state index is 0.520. The van der Waals surface area contributed by atoms with E-state index in [2.05, 4.69) is 30.1 Å². The molecule has 1 N–H and O–H groups in total. The lowest BCUT2D eigenvalue weighted by molar-refractivity contribution is 1.36. The summed E-state index contributed by atoms with van der Waals surface area (Å²) >= 11 is 0. The van der Waals surface area contributed by atoms with E-state index in [0.29, 0.717) is 5.71 Å². The Morgan fingerprint density at radius 1 is 1.47 bits per heavy atom. The SMILES string of the molecule is C/C=C\C(=N)C1=Nc2cc(C)ccc2C1. The van der Waals surface area contributed by atoms with Crippen LogP contribution in [0.25, 0.3) is 0 Å². The number of allylic oxidation sites excluding steroid dienone is 2. The van der Waals surface area contributed by atoms with Crippen molar-refractivity contribution in [2.45, 2.75) is 20.3 Å². The van der Waals surface area contributed by atoms with Crippen LogP contribution in [0.1, 0.15) is 18.1 Å². The van der Waals surface area contributed by atoms with Gasteiger partial charge in [0, 0.05) is 6.42 Å². The lowest BCUT2D eigenvalue weighted by atomic mass is 10.1. The minimum atomic E-state index is 0.520. The lowest BCUT2D eigenvalue weighted by Gasteiger charge is -1.97. The monoisotopic (exact) mass is 198 g/mol. The van der Waals surface area contributed by atoms with E-state index < -0.39 is 0 Å². The van der Waals surface area contributed by atoms with E-state index in [1.807, 2.05) is 13.0 Å². The van der Waals surface area contributed by atoms with Gasteiger partial charge in [0.2, 0.25) is 0 Å². The van der Waals surface area contributed by atoms with Crippen LogP contribution < -0.4 is 0 Å². The third kappa shape index (κ3) is 1.89. The fourth-order valence-electron chi connectivity index (χ4n) is 1.71. The van der Waals surface area contributed by atoms with Crippen LogP contribution in [-0.2, 0) is 6.42 Å². The molecule has 2 rings (SSSR count). The van der Waals surface area contributed by atoms with Gasteiger partial charge in [0.1, 0.15) is 0 Å². The van der Waals surface area contributed by atoms with Gasteiger partial charge in [0.05, 0.1) is 17.1 Å². The highest BCUT2D eigenvalue weighted by atomic mass is 14.8. The highest BCUT2D eigenvalue weighted by Crippen LogP contribution is 2.27. The first-order valence-corrected chi connectivity index (χ1v) is 5.09. The summed E-state index contributed by atoms with van der Waals surface area (Å²) in [5, 5.41) is 7.80. The molecule has 0 aromatic heterocycles. The van der Waals surface area contributed by atoms with Gasteiger partial charge in [0.25, 0.3) is 0 Å². The van der Waals surface area contributed by atoms with Crippen LogP contribution in [0.3, 0.4) is 0 Å². The van der Waals surface area contributed by atoms with Crippen LogP contribution in [0.4, 0.5) is 5.69 Å². The van der Waals surface area contributed by atoms with Crippen molar-refractivity contribution >= 4 is 17.1 Å². The fourth-order valence-corrected chi connectivity index (χ4v) is 1.71. The smallest absolute Gasteiger partial charge is 0.0755 e. The van der Waals surface area contributed by atoms with E-state index in [0.717, 1.165) is 17.8 Å². The van der Waals surface area contributed by atoms with Crippen molar-refractivity contribution in [3.8, 4) is 0 Å². The van der Waals surface area contributed by atoms with Crippen molar-refractivity contribution in [1.82, 2.24) is 0 Å². The summed E-state index contributed by atoms with van der Waals surface area (Å²) in [6.07, 6.45) is 4.45. The van der Waals surface area contributed by atoms with E-state index in [1.165, 1.54) is 11.1 Å². The maximum Gasteiger partial charge on any atom is 0.0755 e. The van der Waals surface area contributed by atoms with E-state index in [1.54, 1.807) is 6.08 Å². The van der Waals surface area contributed by atoms with Crippen molar-refractivity contribution in [2.24, 2.45) is 4.99 Å². The average molecular weight is 198 g/mol. The molecule has 76 valence electrons. The fraction of sp³-hybridized carbons (Fsp3) is 0.231. The number of aliphatic imine (C=N–C) groups is 1. The van der Waals surface area contributed by atoms with Crippen LogP contribution in [0.2, 0.25) is 0 Å². The van der Waals surface area contributed by atoms with Gasteiger partial charge in [-0.15, -0.1) is 0 Å². The van der Waals surface area contributed by atoms with Crippen LogP contribution in [-0.4, -0.2) is 11.4 Å². The molecule has 1 aromatic rings. The number of fused-ring (bicyclic) bond motifs is 1. The van der Waals surface area contributed by atoms with Crippen molar-refractivity contribution in [2.75, 3.05) is 0 Å². The number of nitrogens with zero attached hydrogens (tertiary/aromatic N) is 1. The number of hydrogen-bond acceptors (Lipinski definition) is 2. The number of benzene rings is 1. The normalized spacial score (nSPS) is 14.1. The number of hydrogen-bond donors (Lipinski definition) is 1. The molecule has 0 fully saturated rings. The first-order valence-electron chi connectivity index (χ1n) is 5.09. The second-order valence-corrected chi connectivity index (χ2v) is 3.78. The van der Waals surface area contributed by atoms with Gasteiger partial charge in [-0.3, -0.25) is 10.4 Å². The molecule has 1 aliphatic heterocycles. The molecule has 0 bridgehead atoms. The van der Waals surface area contributed by atoms with Crippen molar-refractivity contribution in [3.05, 3.63) is 41.5 Å². The van der Waals surface area contributed by atoms with E-state index in [9.17, 15) is 0 Å². The topological polar surface area (TPSA) is 36.2 Å². The predicted octanol–water partition coefficient (Wildman–Crippen LogP) is 3.22. The van der Waals surface area contributed by atoms with Gasteiger partial charge in [-0.25, -0.2) is 0 Å². The molecule has 0 atom stereocenters.